The molecule has 0 radical (unpaired) electrons. The first-order valence-electron chi connectivity index (χ1n) is 23.0. The number of carbonyl (C=O) groups is 2. The van der Waals surface area contributed by atoms with Gasteiger partial charge in [-0.2, -0.15) is 61.5 Å². The van der Waals surface area contributed by atoms with Crippen LogP contribution in [0.4, 0.5) is 61.5 Å². The minimum absolute atomic E-state index is 0.0495. The monoisotopic (exact) mass is 1060 g/mol. The van der Waals surface area contributed by atoms with Crippen LogP contribution in [0.3, 0.4) is 0 Å². The van der Waals surface area contributed by atoms with Crippen molar-refractivity contribution in [2.75, 3.05) is 0 Å². The van der Waals surface area contributed by atoms with E-state index in [1.165, 1.54) is 38.5 Å². The van der Waals surface area contributed by atoms with Gasteiger partial charge in [0.1, 0.15) is 18.1 Å². The summed E-state index contributed by atoms with van der Waals surface area (Å²) in [5.74, 6) is -43.1. The maximum absolute atomic E-state index is 15.8. The van der Waals surface area contributed by atoms with Crippen molar-refractivity contribution in [1.82, 2.24) is 0 Å². The minimum atomic E-state index is -8.23. The van der Waals surface area contributed by atoms with Gasteiger partial charge in [0.05, 0.1) is 0 Å². The molecule has 4 bridgehead atoms. The van der Waals surface area contributed by atoms with Crippen LogP contribution in [-0.2, 0) is 22.1 Å². The summed E-state index contributed by atoms with van der Waals surface area (Å²) >= 11 is 0. The van der Waals surface area contributed by atoms with Gasteiger partial charge in [-0.1, -0.05) is 123 Å². The summed E-state index contributed by atoms with van der Waals surface area (Å²) in [5, 5.41) is 17.1. The van der Waals surface area contributed by atoms with Crippen LogP contribution < -0.4 is 9.47 Å². The summed E-state index contributed by atoms with van der Waals surface area (Å²) in [5.41, 5.74) is 0.129. The first kappa shape index (κ1) is 58.3. The van der Waals surface area contributed by atoms with E-state index in [0.29, 0.717) is 36.9 Å². The number of carboxylic acids is 2. The van der Waals surface area contributed by atoms with Gasteiger partial charge in [-0.3, -0.25) is 0 Å². The highest BCUT2D eigenvalue weighted by molar-refractivity contribution is 5.85. The number of benzene rings is 4. The van der Waals surface area contributed by atoms with Gasteiger partial charge >= 0.3 is 53.6 Å². The molecule has 0 saturated heterocycles. The third kappa shape index (κ3) is 13.4. The van der Waals surface area contributed by atoms with Crippen molar-refractivity contribution < 1.29 is 90.7 Å². The minimum Gasteiger partial charge on any atom is -0.489 e. The molecule has 0 spiro atoms. The molecule has 2 saturated carbocycles. The van der Waals surface area contributed by atoms with E-state index in [4.69, 9.17) is 14.9 Å². The molecule has 74 heavy (non-hydrogen) atoms. The van der Waals surface area contributed by atoms with E-state index in [9.17, 15) is 66.7 Å². The van der Waals surface area contributed by atoms with Crippen molar-refractivity contribution in [1.29, 1.82) is 0 Å². The number of hydrogen-bond donors (Lipinski definition) is 2. The van der Waals surface area contributed by atoms with Gasteiger partial charge in [-0.15, -0.1) is 0 Å². The number of hydrogen-bond acceptors (Lipinski definition) is 4. The number of aliphatic carboxylic acids is 2. The fourth-order valence-corrected chi connectivity index (χ4v) is 8.57. The Kier molecular flexibility index (Phi) is 18.7. The molecule has 2 N–H and O–H groups in total. The highest BCUT2D eigenvalue weighted by Gasteiger charge is 2.93. The van der Waals surface area contributed by atoms with Crippen LogP contribution in [-0.4, -0.2) is 57.9 Å². The quantitative estimate of drug-likeness (QED) is 0.0660. The maximum Gasteiger partial charge on any atom is 0.460 e. The number of allylic oxidation sites excluding steroid dienone is 4. The first-order chi connectivity index (χ1) is 34.6. The van der Waals surface area contributed by atoms with E-state index in [1.54, 1.807) is 6.08 Å². The van der Waals surface area contributed by atoms with Crippen LogP contribution in [0.25, 0.3) is 12.2 Å². The summed E-state index contributed by atoms with van der Waals surface area (Å²) < 4.78 is 203. The molecule has 2 fully saturated rings. The SMILES string of the molecule is C1=CC2CCC1C2.CCC1CC2C=CC1C2.O=C(O)C=Cc1ccc(OC(F)(c2ccccc2)C(F)(F)C(F)(F)C(F)(F)C(F)(F)C(F)(F)C(F)(F)F)cc1.O=C(O)C=Cc1ccc(OCc2ccccc2)cc1. The molecule has 6 unspecified atom stereocenters. The Labute approximate surface area is 416 Å². The van der Waals surface area contributed by atoms with Gasteiger partial charge in [0.2, 0.25) is 0 Å². The predicted molar refractivity (Wildman–Crippen MR) is 247 cm³/mol. The second kappa shape index (κ2) is 23.7. The third-order valence-corrected chi connectivity index (χ3v) is 12.7. The van der Waals surface area contributed by atoms with Gasteiger partial charge in [0.15, 0.2) is 0 Å². The van der Waals surface area contributed by atoms with Crippen molar-refractivity contribution in [3.05, 3.63) is 168 Å². The molecule has 6 nitrogen and oxygen atoms in total. The van der Waals surface area contributed by atoms with Gasteiger partial charge in [-0.25, -0.2) is 9.59 Å². The molecule has 0 amide bonds. The molecular weight excluding hydrogens is 1010 g/mol. The van der Waals surface area contributed by atoms with Crippen molar-refractivity contribution in [2.24, 2.45) is 29.6 Å². The van der Waals surface area contributed by atoms with Crippen LogP contribution in [0.15, 0.2) is 146 Å². The van der Waals surface area contributed by atoms with E-state index in [1.807, 2.05) is 54.6 Å². The van der Waals surface area contributed by atoms with Crippen LogP contribution in [0.2, 0.25) is 0 Å². The van der Waals surface area contributed by atoms with Crippen molar-refractivity contribution in [3.63, 3.8) is 0 Å². The number of carboxylic acid groups (broad SMARTS) is 2. The van der Waals surface area contributed by atoms with Crippen LogP contribution in [0, 0.1) is 29.6 Å². The lowest BCUT2D eigenvalue weighted by atomic mass is 9.87. The molecule has 4 aromatic carbocycles. The average Bonchev–Trinajstić information content (AvgIpc) is 4.22. The molecule has 20 heteroatoms. The van der Waals surface area contributed by atoms with Crippen LogP contribution in [0.5, 0.6) is 11.5 Å². The molecule has 0 heterocycles. The third-order valence-electron chi connectivity index (χ3n) is 12.7. The summed E-state index contributed by atoms with van der Waals surface area (Å²) in [6, 6.07) is 22.5. The Morgan fingerprint density at radius 1 is 0.527 bits per heavy atom. The van der Waals surface area contributed by atoms with Crippen molar-refractivity contribution in [3.8, 4) is 11.5 Å². The van der Waals surface area contributed by atoms with Crippen molar-refractivity contribution in [2.45, 2.75) is 93.7 Å². The highest BCUT2D eigenvalue weighted by atomic mass is 19.4. The molecule has 6 atom stereocenters. The molecule has 4 aliphatic rings. The molecule has 4 aliphatic carbocycles. The smallest absolute Gasteiger partial charge is 0.460 e. The molecule has 0 aliphatic heterocycles. The molecule has 400 valence electrons. The van der Waals surface area contributed by atoms with Gasteiger partial charge < -0.3 is 19.7 Å². The average molecular weight is 1060 g/mol. The topological polar surface area (TPSA) is 93.1 Å². The lowest BCUT2D eigenvalue weighted by Gasteiger charge is -2.43. The summed E-state index contributed by atoms with van der Waals surface area (Å²) in [4.78, 5) is 20.9. The van der Waals surface area contributed by atoms with Crippen LogP contribution >= 0.6 is 0 Å². The fraction of sp³-hybridized carbons (Fsp3) is 0.370. The lowest BCUT2D eigenvalue weighted by Crippen LogP contribution is -2.73. The standard InChI is InChI=1S/C22H12F14O3.C16H14O3.C9H14.C7H10/c23-16(13-4-2-1-3-5-13,39-14-9-6-12(7-10-14)8-11-15(37)38)17(24,25)18(26,27)19(28,29)20(30,31)21(32,33)22(34,35)36;17-16(18)11-8-13-6-9-15(10-7-13)19-12-14-4-2-1-3-5-14;1-2-8-5-7-3-4-9(8)6-7;1-2-7-4-3-6(1)5-7/h1-11H,(H,37,38);1-11H,12H2,(H,17,18);3-4,7-9H,2,5-6H2,1H3;1-2,6-7H,3-5H2. The highest BCUT2D eigenvalue weighted by Crippen LogP contribution is 2.63. The van der Waals surface area contributed by atoms with Gasteiger partial charge in [0, 0.05) is 17.7 Å². The lowest BCUT2D eigenvalue weighted by molar-refractivity contribution is -0.456. The van der Waals surface area contributed by atoms with E-state index < -0.39 is 64.9 Å². The number of rotatable bonds is 16. The van der Waals surface area contributed by atoms with Crippen molar-refractivity contribution >= 4 is 24.1 Å². The van der Waals surface area contributed by atoms with E-state index in [0.717, 1.165) is 76.8 Å². The summed E-state index contributed by atoms with van der Waals surface area (Å²) in [6.45, 7) is 2.84. The molecule has 8 rings (SSSR count). The first-order valence-corrected chi connectivity index (χ1v) is 23.0. The van der Waals surface area contributed by atoms with Gasteiger partial charge in [0.25, 0.3) is 0 Å². The number of alkyl halides is 14. The Bertz CT molecular complexity index is 2570. The molecule has 4 aromatic rings. The van der Waals surface area contributed by atoms with E-state index in [2.05, 4.69) is 36.0 Å². The zero-order valence-corrected chi connectivity index (χ0v) is 39.2. The number of halogens is 14. The largest absolute Gasteiger partial charge is 0.489 e. The predicted octanol–water partition coefficient (Wildman–Crippen LogP) is 15.7. The van der Waals surface area contributed by atoms with Gasteiger partial charge in [-0.05, 0) is 115 Å². The molecular formula is C54H50F14O6. The maximum atomic E-state index is 15.8. The Hall–Kier alpha value is -6.60. The summed E-state index contributed by atoms with van der Waals surface area (Å²) in [6.07, 6.45) is 14.9. The van der Waals surface area contributed by atoms with E-state index in [-0.39, 0.29) is 17.7 Å². The Morgan fingerprint density at radius 3 is 1.35 bits per heavy atom. The number of ether oxygens (including phenoxy) is 2. The second-order valence-corrected chi connectivity index (χ2v) is 17.9. The second-order valence-electron chi connectivity index (χ2n) is 17.9. The van der Waals surface area contributed by atoms with Crippen LogP contribution in [0.1, 0.15) is 67.7 Å². The normalized spacial score (nSPS) is 21.0. The Balaban J connectivity index is 0.000000231. The zero-order valence-electron chi connectivity index (χ0n) is 39.2. The fourth-order valence-electron chi connectivity index (χ4n) is 8.57. The zero-order chi connectivity index (χ0) is 54.8. The number of fused-ring (bicyclic) bond motifs is 4. The summed E-state index contributed by atoms with van der Waals surface area (Å²) in [7, 11) is 0. The van der Waals surface area contributed by atoms with E-state index >= 15 is 4.39 Å². The molecule has 0 aromatic heterocycles. The Morgan fingerprint density at radius 2 is 0.973 bits per heavy atom.